The summed E-state index contributed by atoms with van der Waals surface area (Å²) in [7, 11) is 0. The first-order chi connectivity index (χ1) is 7.97. The summed E-state index contributed by atoms with van der Waals surface area (Å²) in [6, 6.07) is 13.7. The number of benzene rings is 2. The molecule has 0 aromatic heterocycles. The first kappa shape index (κ1) is 11.7. The van der Waals surface area contributed by atoms with Gasteiger partial charge in [-0.25, -0.2) is 0 Å². The van der Waals surface area contributed by atoms with Crippen LogP contribution in [-0.4, -0.2) is 0 Å². The van der Waals surface area contributed by atoms with Crippen molar-refractivity contribution in [3.05, 3.63) is 59.7 Å². The van der Waals surface area contributed by atoms with Gasteiger partial charge in [-0.15, -0.1) is 0 Å². The van der Waals surface area contributed by atoms with E-state index in [0.29, 0.717) is 0 Å². The van der Waals surface area contributed by atoms with Crippen LogP contribution in [0.4, 0.5) is 13.2 Å². The molecule has 0 spiro atoms. The average molecular weight is 235 g/mol. The molecule has 0 aliphatic heterocycles. The fourth-order valence-corrected chi connectivity index (χ4v) is 1.53. The maximum absolute atomic E-state index is 12.4. The van der Waals surface area contributed by atoms with E-state index in [9.17, 15) is 13.2 Å². The van der Waals surface area contributed by atoms with Gasteiger partial charge in [-0.2, -0.15) is 13.2 Å². The lowest BCUT2D eigenvalue weighted by molar-refractivity contribution is -0.137. The molecule has 2 aromatic rings. The summed E-state index contributed by atoms with van der Waals surface area (Å²) in [5, 5.41) is 0. The quantitative estimate of drug-likeness (QED) is 0.683. The van der Waals surface area contributed by atoms with E-state index in [0.717, 1.165) is 28.8 Å². The topological polar surface area (TPSA) is 0 Å². The molecule has 0 atom stereocenters. The highest BCUT2D eigenvalue weighted by molar-refractivity contribution is 5.63. The monoisotopic (exact) mass is 235 g/mol. The van der Waals surface area contributed by atoms with Crippen molar-refractivity contribution < 1.29 is 13.2 Å². The Labute approximate surface area is 97.7 Å². The number of alkyl halides is 3. The minimum Gasteiger partial charge on any atom is -0.166 e. The second kappa shape index (κ2) is 4.24. The molecule has 0 bridgehead atoms. The van der Waals surface area contributed by atoms with Crippen molar-refractivity contribution in [2.45, 2.75) is 13.1 Å². The Balaban J connectivity index is 2.33. The summed E-state index contributed by atoms with van der Waals surface area (Å²) < 4.78 is 37.1. The highest BCUT2D eigenvalue weighted by Gasteiger charge is 2.29. The molecule has 2 rings (SSSR count). The lowest BCUT2D eigenvalue weighted by Crippen LogP contribution is -2.03. The van der Waals surface area contributed by atoms with E-state index in [1.807, 2.05) is 19.1 Å². The van der Waals surface area contributed by atoms with E-state index < -0.39 is 11.7 Å². The molecule has 0 amide bonds. The Hall–Kier alpha value is -1.77. The Bertz CT molecular complexity index is 492. The first-order valence-electron chi connectivity index (χ1n) is 5.13. The second-order valence-corrected chi connectivity index (χ2v) is 3.84. The molecule has 0 saturated carbocycles. The molecule has 87 valence electrons. The molecule has 3 heteroatoms. The van der Waals surface area contributed by atoms with Gasteiger partial charge in [0, 0.05) is 0 Å². The highest BCUT2D eigenvalue weighted by atomic mass is 19.4. The minimum atomic E-state index is -4.28. The first-order valence-corrected chi connectivity index (χ1v) is 5.13. The van der Waals surface area contributed by atoms with Gasteiger partial charge in [-0.3, -0.25) is 0 Å². The van der Waals surface area contributed by atoms with Crippen molar-refractivity contribution in [2.75, 3.05) is 0 Å². The van der Waals surface area contributed by atoms with Crippen LogP contribution < -0.4 is 0 Å². The predicted molar refractivity (Wildman–Crippen MR) is 60.5 cm³/mol. The predicted octanol–water partition coefficient (Wildman–Crippen LogP) is 4.48. The smallest absolute Gasteiger partial charge is 0.166 e. The van der Waals surface area contributed by atoms with Gasteiger partial charge in [0.25, 0.3) is 0 Å². The van der Waals surface area contributed by atoms with Crippen LogP contribution in [0.15, 0.2) is 42.5 Å². The van der Waals surface area contributed by atoms with Gasteiger partial charge in [0.05, 0.1) is 5.56 Å². The van der Waals surface area contributed by atoms with E-state index in [1.165, 1.54) is 12.1 Å². The third-order valence-corrected chi connectivity index (χ3v) is 2.51. The summed E-state index contributed by atoms with van der Waals surface area (Å²) in [6.45, 7) is 1.91. The molecule has 1 radical (unpaired) electrons. The molecular weight excluding hydrogens is 225 g/mol. The molecular formula is C14H10F3. The van der Waals surface area contributed by atoms with Gasteiger partial charge >= 0.3 is 6.18 Å². The number of rotatable bonds is 1. The van der Waals surface area contributed by atoms with Crippen molar-refractivity contribution >= 4 is 0 Å². The maximum Gasteiger partial charge on any atom is 0.416 e. The van der Waals surface area contributed by atoms with Crippen LogP contribution in [-0.2, 0) is 6.18 Å². The summed E-state index contributed by atoms with van der Waals surface area (Å²) in [4.78, 5) is 0. The van der Waals surface area contributed by atoms with E-state index in [-0.39, 0.29) is 0 Å². The molecule has 0 N–H and O–H groups in total. The van der Waals surface area contributed by atoms with Crippen LogP contribution in [0.25, 0.3) is 11.1 Å². The number of halogens is 3. The standard InChI is InChI=1S/C14H10F3/c1-10-2-4-11(5-3-10)12-6-8-13(9-7-12)14(15,16)17/h2,4-9H,1H3. The van der Waals surface area contributed by atoms with Gasteiger partial charge in [0.1, 0.15) is 0 Å². The van der Waals surface area contributed by atoms with Gasteiger partial charge in [-0.05, 0) is 47.9 Å². The lowest BCUT2D eigenvalue weighted by Gasteiger charge is -2.07. The van der Waals surface area contributed by atoms with Crippen molar-refractivity contribution in [1.82, 2.24) is 0 Å². The lowest BCUT2D eigenvalue weighted by atomic mass is 10.0. The third-order valence-electron chi connectivity index (χ3n) is 2.51. The van der Waals surface area contributed by atoms with Crippen LogP contribution >= 0.6 is 0 Å². The van der Waals surface area contributed by atoms with Gasteiger partial charge in [0.2, 0.25) is 0 Å². The van der Waals surface area contributed by atoms with E-state index >= 15 is 0 Å². The average Bonchev–Trinajstić information content (AvgIpc) is 2.29. The molecule has 0 unspecified atom stereocenters. The Morgan fingerprint density at radius 2 is 1.47 bits per heavy atom. The van der Waals surface area contributed by atoms with Crippen molar-refractivity contribution in [2.24, 2.45) is 0 Å². The van der Waals surface area contributed by atoms with Gasteiger partial charge in [-0.1, -0.05) is 24.3 Å². The summed E-state index contributed by atoms with van der Waals surface area (Å²) >= 11 is 0. The second-order valence-electron chi connectivity index (χ2n) is 3.84. The van der Waals surface area contributed by atoms with E-state index in [1.54, 1.807) is 6.07 Å². The highest BCUT2D eigenvalue weighted by Crippen LogP contribution is 2.30. The van der Waals surface area contributed by atoms with Crippen molar-refractivity contribution in [3.63, 3.8) is 0 Å². The summed E-state index contributed by atoms with van der Waals surface area (Å²) in [5.74, 6) is 0. The van der Waals surface area contributed by atoms with Gasteiger partial charge in [0.15, 0.2) is 0 Å². The van der Waals surface area contributed by atoms with Crippen molar-refractivity contribution in [3.8, 4) is 11.1 Å². The largest absolute Gasteiger partial charge is 0.416 e. The zero-order valence-corrected chi connectivity index (χ0v) is 9.18. The zero-order chi connectivity index (χ0) is 12.5. The molecule has 0 fully saturated rings. The van der Waals surface area contributed by atoms with E-state index in [4.69, 9.17) is 0 Å². The normalized spacial score (nSPS) is 11.5. The number of hydrogen-bond acceptors (Lipinski definition) is 0. The van der Waals surface area contributed by atoms with Crippen LogP contribution in [0.2, 0.25) is 0 Å². The SMILES string of the molecule is Cc1[c]cc(-c2ccc(C(F)(F)F)cc2)cc1. The van der Waals surface area contributed by atoms with Crippen LogP contribution in [0.3, 0.4) is 0 Å². The Morgan fingerprint density at radius 1 is 0.882 bits per heavy atom. The van der Waals surface area contributed by atoms with E-state index in [2.05, 4.69) is 6.07 Å². The van der Waals surface area contributed by atoms with Crippen LogP contribution in [0.5, 0.6) is 0 Å². The fourth-order valence-electron chi connectivity index (χ4n) is 1.53. The molecule has 0 nitrogen and oxygen atoms in total. The van der Waals surface area contributed by atoms with Crippen molar-refractivity contribution in [1.29, 1.82) is 0 Å². The van der Waals surface area contributed by atoms with Gasteiger partial charge < -0.3 is 0 Å². The molecule has 0 aliphatic rings. The van der Waals surface area contributed by atoms with Crippen LogP contribution in [0, 0.1) is 13.0 Å². The maximum atomic E-state index is 12.4. The van der Waals surface area contributed by atoms with Crippen LogP contribution in [0.1, 0.15) is 11.1 Å². The number of aryl methyl sites for hydroxylation is 1. The number of hydrogen-bond donors (Lipinski definition) is 0. The Morgan fingerprint density at radius 3 is 1.94 bits per heavy atom. The molecule has 0 saturated heterocycles. The fraction of sp³-hybridized carbons (Fsp3) is 0.143. The zero-order valence-electron chi connectivity index (χ0n) is 9.18. The summed E-state index contributed by atoms with van der Waals surface area (Å²) in [6.07, 6.45) is -4.28. The molecule has 17 heavy (non-hydrogen) atoms. The molecule has 0 aliphatic carbocycles. The molecule has 0 heterocycles. The Kier molecular flexibility index (Phi) is 2.92. The minimum absolute atomic E-state index is 0.627. The summed E-state index contributed by atoms with van der Waals surface area (Å²) in [5.41, 5.74) is 2.00. The molecule has 2 aromatic carbocycles. The third kappa shape index (κ3) is 2.67.